The summed E-state index contributed by atoms with van der Waals surface area (Å²) in [6, 6.07) is 4.00. The molecular weight excluding hydrogens is 162 g/mol. The molecule has 1 aromatic rings. The Morgan fingerprint density at radius 2 is 2.23 bits per heavy atom. The number of hydrogen-bond donors (Lipinski definition) is 1. The molecule has 2 heteroatoms. The third-order valence-electron chi connectivity index (χ3n) is 2.45. The van der Waals surface area contributed by atoms with Crippen molar-refractivity contribution >= 4 is 0 Å². The lowest BCUT2D eigenvalue weighted by atomic mass is 9.91. The molecule has 0 fully saturated rings. The zero-order valence-corrected chi connectivity index (χ0v) is 8.71. The van der Waals surface area contributed by atoms with Gasteiger partial charge in [-0.05, 0) is 37.6 Å². The van der Waals surface area contributed by atoms with Crippen LogP contribution in [0.15, 0.2) is 22.8 Å². The van der Waals surface area contributed by atoms with Crippen molar-refractivity contribution in [3.8, 4) is 0 Å². The lowest BCUT2D eigenvalue weighted by Gasteiger charge is -2.18. The second-order valence-corrected chi connectivity index (χ2v) is 3.85. The minimum atomic E-state index is 0.663. The van der Waals surface area contributed by atoms with Crippen LogP contribution in [0.25, 0.3) is 0 Å². The predicted molar refractivity (Wildman–Crippen MR) is 54.7 cm³/mol. The summed E-state index contributed by atoms with van der Waals surface area (Å²) in [5.41, 5.74) is 0. The summed E-state index contributed by atoms with van der Waals surface area (Å²) in [7, 11) is 2.00. The average molecular weight is 181 g/mol. The van der Waals surface area contributed by atoms with Gasteiger partial charge in [-0.1, -0.05) is 13.8 Å². The predicted octanol–water partition coefficient (Wildman–Crippen LogP) is 2.31. The monoisotopic (exact) mass is 181 g/mol. The van der Waals surface area contributed by atoms with E-state index in [-0.39, 0.29) is 0 Å². The molecule has 0 spiro atoms. The summed E-state index contributed by atoms with van der Waals surface area (Å²) < 4.78 is 5.33. The summed E-state index contributed by atoms with van der Waals surface area (Å²) in [6.07, 6.45) is 2.78. The summed E-state index contributed by atoms with van der Waals surface area (Å²) in [5, 5.41) is 3.22. The van der Waals surface area contributed by atoms with Gasteiger partial charge in [-0.3, -0.25) is 0 Å². The molecule has 0 amide bonds. The highest BCUT2D eigenvalue weighted by Gasteiger charge is 2.14. The van der Waals surface area contributed by atoms with Crippen LogP contribution in [-0.2, 0) is 6.42 Å². The molecule has 1 rings (SSSR count). The Labute approximate surface area is 80.3 Å². The van der Waals surface area contributed by atoms with Crippen molar-refractivity contribution < 1.29 is 4.42 Å². The fourth-order valence-electron chi connectivity index (χ4n) is 1.49. The minimum Gasteiger partial charge on any atom is -0.469 e. The lowest BCUT2D eigenvalue weighted by Crippen LogP contribution is -2.24. The van der Waals surface area contributed by atoms with Crippen molar-refractivity contribution in [3.63, 3.8) is 0 Å². The Morgan fingerprint density at radius 3 is 2.69 bits per heavy atom. The summed E-state index contributed by atoms with van der Waals surface area (Å²) in [6.45, 7) is 5.56. The van der Waals surface area contributed by atoms with Crippen LogP contribution in [0.4, 0.5) is 0 Å². The molecule has 0 saturated heterocycles. The first-order valence-corrected chi connectivity index (χ1v) is 4.91. The molecule has 13 heavy (non-hydrogen) atoms. The van der Waals surface area contributed by atoms with Crippen molar-refractivity contribution in [1.29, 1.82) is 0 Å². The fourth-order valence-corrected chi connectivity index (χ4v) is 1.49. The highest BCUT2D eigenvalue weighted by atomic mass is 16.3. The smallest absolute Gasteiger partial charge is 0.104 e. The van der Waals surface area contributed by atoms with Gasteiger partial charge in [0.05, 0.1) is 6.26 Å². The van der Waals surface area contributed by atoms with Crippen molar-refractivity contribution in [3.05, 3.63) is 24.2 Å². The van der Waals surface area contributed by atoms with Gasteiger partial charge in [0.25, 0.3) is 0 Å². The summed E-state index contributed by atoms with van der Waals surface area (Å²) in [4.78, 5) is 0. The molecule has 1 N–H and O–H groups in total. The van der Waals surface area contributed by atoms with E-state index in [4.69, 9.17) is 4.42 Å². The second-order valence-electron chi connectivity index (χ2n) is 3.85. The van der Waals surface area contributed by atoms with Crippen LogP contribution >= 0.6 is 0 Å². The number of hydrogen-bond acceptors (Lipinski definition) is 2. The maximum atomic E-state index is 5.33. The molecule has 0 aliphatic heterocycles. The van der Waals surface area contributed by atoms with Gasteiger partial charge in [-0.25, -0.2) is 0 Å². The normalized spacial score (nSPS) is 13.5. The lowest BCUT2D eigenvalue weighted by molar-refractivity contribution is 0.342. The highest BCUT2D eigenvalue weighted by Crippen LogP contribution is 2.16. The molecule has 74 valence electrons. The molecule has 1 heterocycles. The third-order valence-corrected chi connectivity index (χ3v) is 2.45. The SMILES string of the molecule is CNCC(Cc1ccco1)C(C)C. The van der Waals surface area contributed by atoms with E-state index in [1.54, 1.807) is 6.26 Å². The Kier molecular flexibility index (Phi) is 4.03. The fraction of sp³-hybridized carbons (Fsp3) is 0.636. The van der Waals surface area contributed by atoms with Gasteiger partial charge >= 0.3 is 0 Å². The zero-order valence-electron chi connectivity index (χ0n) is 8.71. The molecule has 0 aliphatic rings. The number of furan rings is 1. The Morgan fingerprint density at radius 1 is 1.46 bits per heavy atom. The molecule has 0 saturated carbocycles. The standard InChI is InChI=1S/C11H19NO/c1-9(2)10(8-12-3)7-11-5-4-6-13-11/h4-6,9-10,12H,7-8H2,1-3H3. The van der Waals surface area contributed by atoms with Gasteiger partial charge in [-0.2, -0.15) is 0 Å². The molecule has 0 radical (unpaired) electrons. The van der Waals surface area contributed by atoms with Crippen molar-refractivity contribution in [2.75, 3.05) is 13.6 Å². The molecule has 0 aromatic carbocycles. The van der Waals surface area contributed by atoms with E-state index in [0.717, 1.165) is 18.7 Å². The van der Waals surface area contributed by atoms with Gasteiger partial charge in [0.2, 0.25) is 0 Å². The Bertz CT molecular complexity index is 216. The highest BCUT2D eigenvalue weighted by molar-refractivity contribution is 4.99. The van der Waals surface area contributed by atoms with Crippen LogP contribution in [0.2, 0.25) is 0 Å². The van der Waals surface area contributed by atoms with Gasteiger partial charge in [0, 0.05) is 6.42 Å². The van der Waals surface area contributed by atoms with E-state index < -0.39 is 0 Å². The largest absolute Gasteiger partial charge is 0.469 e. The first-order valence-electron chi connectivity index (χ1n) is 4.91. The first-order chi connectivity index (χ1) is 6.24. The van der Waals surface area contributed by atoms with E-state index in [9.17, 15) is 0 Å². The van der Waals surface area contributed by atoms with E-state index in [0.29, 0.717) is 11.8 Å². The third kappa shape index (κ3) is 3.23. The van der Waals surface area contributed by atoms with Crippen LogP contribution in [-0.4, -0.2) is 13.6 Å². The van der Waals surface area contributed by atoms with E-state index in [2.05, 4.69) is 19.2 Å². The van der Waals surface area contributed by atoms with E-state index in [1.165, 1.54) is 0 Å². The molecule has 2 nitrogen and oxygen atoms in total. The van der Waals surface area contributed by atoms with Gasteiger partial charge in [0.15, 0.2) is 0 Å². The Hall–Kier alpha value is -0.760. The molecule has 0 aliphatic carbocycles. The van der Waals surface area contributed by atoms with Crippen LogP contribution in [0, 0.1) is 11.8 Å². The maximum Gasteiger partial charge on any atom is 0.104 e. The van der Waals surface area contributed by atoms with E-state index in [1.807, 2.05) is 19.2 Å². The summed E-state index contributed by atoms with van der Waals surface area (Å²) >= 11 is 0. The van der Waals surface area contributed by atoms with Crippen molar-refractivity contribution in [2.45, 2.75) is 20.3 Å². The average Bonchev–Trinajstić information content (AvgIpc) is 2.56. The van der Waals surface area contributed by atoms with Gasteiger partial charge < -0.3 is 9.73 Å². The van der Waals surface area contributed by atoms with E-state index >= 15 is 0 Å². The second kappa shape index (κ2) is 5.07. The van der Waals surface area contributed by atoms with Gasteiger partial charge in [-0.15, -0.1) is 0 Å². The minimum absolute atomic E-state index is 0.663. The summed E-state index contributed by atoms with van der Waals surface area (Å²) in [5.74, 6) is 2.45. The maximum absolute atomic E-state index is 5.33. The first kappa shape index (κ1) is 10.3. The molecule has 1 atom stereocenters. The van der Waals surface area contributed by atoms with Crippen LogP contribution in [0.3, 0.4) is 0 Å². The van der Waals surface area contributed by atoms with Gasteiger partial charge in [0.1, 0.15) is 5.76 Å². The molecule has 0 bridgehead atoms. The van der Waals surface area contributed by atoms with Crippen LogP contribution in [0.1, 0.15) is 19.6 Å². The number of nitrogens with one attached hydrogen (secondary N) is 1. The molecule has 1 unspecified atom stereocenters. The topological polar surface area (TPSA) is 25.2 Å². The number of rotatable bonds is 5. The zero-order chi connectivity index (χ0) is 9.68. The van der Waals surface area contributed by atoms with Crippen molar-refractivity contribution in [1.82, 2.24) is 5.32 Å². The Balaban J connectivity index is 2.47. The van der Waals surface area contributed by atoms with Crippen molar-refractivity contribution in [2.24, 2.45) is 11.8 Å². The molecular formula is C11H19NO. The molecule has 1 aromatic heterocycles. The van der Waals surface area contributed by atoms with Crippen LogP contribution < -0.4 is 5.32 Å². The quantitative estimate of drug-likeness (QED) is 0.754. The van der Waals surface area contributed by atoms with Crippen LogP contribution in [0.5, 0.6) is 0 Å².